The summed E-state index contributed by atoms with van der Waals surface area (Å²) in [6, 6.07) is 0. The van der Waals surface area contributed by atoms with Crippen LogP contribution in [0.15, 0.2) is 0 Å². The summed E-state index contributed by atoms with van der Waals surface area (Å²) in [5.41, 5.74) is 6.82. The van der Waals surface area contributed by atoms with Gasteiger partial charge in [-0.15, -0.1) is 5.10 Å². The molecular weight excluding hydrogens is 212 g/mol. The zero-order chi connectivity index (χ0) is 12.5. The van der Waals surface area contributed by atoms with Crippen LogP contribution in [0.5, 0.6) is 0 Å². The van der Waals surface area contributed by atoms with Crippen LogP contribution >= 0.6 is 0 Å². The minimum Gasteiger partial charge on any atom is -0.381 e. The highest BCUT2D eigenvalue weighted by Gasteiger charge is 2.06. The van der Waals surface area contributed by atoms with Crippen molar-refractivity contribution in [3.8, 4) is 0 Å². The van der Waals surface area contributed by atoms with Crippen molar-refractivity contribution in [1.29, 1.82) is 0 Å². The second-order valence-electron chi connectivity index (χ2n) is 4.62. The van der Waals surface area contributed by atoms with Gasteiger partial charge in [0.1, 0.15) is 0 Å². The predicted octanol–water partition coefficient (Wildman–Crippen LogP) is 3.17. The average Bonchev–Trinajstić information content (AvgIpc) is 2.69. The first-order chi connectivity index (χ1) is 8.29. The number of nitrogen functional groups attached to an aromatic ring is 1. The summed E-state index contributed by atoms with van der Waals surface area (Å²) in [5.74, 6) is 0.593. The number of aryl methyl sites for hydroxylation is 1. The summed E-state index contributed by atoms with van der Waals surface area (Å²) in [7, 11) is 0. The van der Waals surface area contributed by atoms with Crippen molar-refractivity contribution in [3.05, 3.63) is 5.69 Å². The van der Waals surface area contributed by atoms with Crippen molar-refractivity contribution < 1.29 is 0 Å². The molecule has 1 heterocycles. The monoisotopic (exact) mass is 238 g/mol. The van der Waals surface area contributed by atoms with E-state index >= 15 is 0 Å². The molecule has 1 rings (SSSR count). The van der Waals surface area contributed by atoms with Gasteiger partial charge in [-0.1, -0.05) is 57.6 Å². The van der Waals surface area contributed by atoms with Crippen LogP contribution in [-0.4, -0.2) is 15.0 Å². The summed E-state index contributed by atoms with van der Waals surface area (Å²) in [6.45, 7) is 5.30. The molecule has 4 nitrogen and oxygen atoms in total. The average molecular weight is 238 g/mol. The van der Waals surface area contributed by atoms with Gasteiger partial charge >= 0.3 is 0 Å². The van der Waals surface area contributed by atoms with E-state index in [0.717, 1.165) is 18.7 Å². The third-order valence-electron chi connectivity index (χ3n) is 3.18. The summed E-state index contributed by atoms with van der Waals surface area (Å²) in [5, 5.41) is 7.99. The number of nitrogens with zero attached hydrogens (tertiary/aromatic N) is 3. The van der Waals surface area contributed by atoms with Crippen molar-refractivity contribution in [2.45, 2.75) is 71.8 Å². The van der Waals surface area contributed by atoms with Gasteiger partial charge < -0.3 is 5.73 Å². The Hall–Kier alpha value is -1.06. The van der Waals surface area contributed by atoms with E-state index < -0.39 is 0 Å². The summed E-state index contributed by atoms with van der Waals surface area (Å²) in [4.78, 5) is 0. The molecule has 0 fully saturated rings. The van der Waals surface area contributed by atoms with Crippen LogP contribution in [-0.2, 0) is 13.0 Å². The van der Waals surface area contributed by atoms with Gasteiger partial charge in [-0.05, 0) is 12.8 Å². The SMILES string of the molecule is CCCCCCCCCn1nnc(N)c1CC. The van der Waals surface area contributed by atoms with Gasteiger partial charge in [0.2, 0.25) is 0 Å². The van der Waals surface area contributed by atoms with E-state index in [-0.39, 0.29) is 0 Å². The fourth-order valence-electron chi connectivity index (χ4n) is 2.11. The number of unbranched alkanes of at least 4 members (excludes halogenated alkanes) is 6. The fraction of sp³-hybridized carbons (Fsp3) is 0.846. The normalized spacial score (nSPS) is 10.9. The van der Waals surface area contributed by atoms with E-state index in [0.29, 0.717) is 5.82 Å². The van der Waals surface area contributed by atoms with E-state index in [1.165, 1.54) is 44.9 Å². The molecule has 2 N–H and O–H groups in total. The third-order valence-corrected chi connectivity index (χ3v) is 3.18. The zero-order valence-corrected chi connectivity index (χ0v) is 11.3. The number of hydrogen-bond donors (Lipinski definition) is 1. The molecule has 4 heteroatoms. The summed E-state index contributed by atoms with van der Waals surface area (Å²) >= 11 is 0. The van der Waals surface area contributed by atoms with Crippen molar-refractivity contribution in [3.63, 3.8) is 0 Å². The first-order valence-electron chi connectivity index (χ1n) is 6.97. The van der Waals surface area contributed by atoms with Gasteiger partial charge in [-0.3, -0.25) is 0 Å². The van der Waals surface area contributed by atoms with Crippen LogP contribution in [0.3, 0.4) is 0 Å². The van der Waals surface area contributed by atoms with Crippen LogP contribution in [0.4, 0.5) is 5.82 Å². The van der Waals surface area contributed by atoms with E-state index in [1.807, 2.05) is 4.68 Å². The maximum Gasteiger partial charge on any atom is 0.169 e. The van der Waals surface area contributed by atoms with E-state index in [1.54, 1.807) is 0 Å². The van der Waals surface area contributed by atoms with Crippen LogP contribution in [0, 0.1) is 0 Å². The Labute approximate surface area is 105 Å². The third kappa shape index (κ3) is 4.75. The van der Waals surface area contributed by atoms with E-state index in [9.17, 15) is 0 Å². The molecule has 98 valence electrons. The van der Waals surface area contributed by atoms with Crippen molar-refractivity contribution in [2.75, 3.05) is 5.73 Å². The summed E-state index contributed by atoms with van der Waals surface area (Å²) in [6.07, 6.45) is 10.2. The molecule has 0 spiro atoms. The molecule has 0 saturated carbocycles. The number of nitrogens with two attached hydrogens (primary N) is 1. The lowest BCUT2D eigenvalue weighted by atomic mass is 10.1. The minimum absolute atomic E-state index is 0.593. The summed E-state index contributed by atoms with van der Waals surface area (Å²) < 4.78 is 1.96. The first kappa shape index (κ1) is 14.0. The van der Waals surface area contributed by atoms with Crippen molar-refractivity contribution in [2.24, 2.45) is 0 Å². The second kappa shape index (κ2) is 8.09. The largest absolute Gasteiger partial charge is 0.381 e. The zero-order valence-electron chi connectivity index (χ0n) is 11.3. The molecule has 0 unspecified atom stereocenters. The Morgan fingerprint density at radius 2 is 1.65 bits per heavy atom. The van der Waals surface area contributed by atoms with Crippen LogP contribution in [0.1, 0.15) is 64.5 Å². The molecule has 0 amide bonds. The molecule has 0 bridgehead atoms. The fourth-order valence-corrected chi connectivity index (χ4v) is 2.11. The topological polar surface area (TPSA) is 56.7 Å². The Morgan fingerprint density at radius 1 is 1.00 bits per heavy atom. The Morgan fingerprint density at radius 3 is 2.29 bits per heavy atom. The molecule has 0 saturated heterocycles. The Balaban J connectivity index is 2.13. The Kier molecular flexibility index (Phi) is 6.67. The van der Waals surface area contributed by atoms with E-state index in [2.05, 4.69) is 24.2 Å². The maximum absolute atomic E-state index is 5.74. The molecule has 0 aliphatic heterocycles. The minimum atomic E-state index is 0.593. The molecule has 0 aliphatic rings. The number of aromatic nitrogens is 3. The van der Waals surface area contributed by atoms with Crippen LogP contribution < -0.4 is 5.73 Å². The van der Waals surface area contributed by atoms with Gasteiger partial charge in [0.15, 0.2) is 5.82 Å². The lowest BCUT2D eigenvalue weighted by Gasteiger charge is -2.04. The van der Waals surface area contributed by atoms with Crippen molar-refractivity contribution in [1.82, 2.24) is 15.0 Å². The maximum atomic E-state index is 5.74. The molecule has 1 aromatic rings. The van der Waals surface area contributed by atoms with E-state index in [4.69, 9.17) is 5.73 Å². The molecule has 17 heavy (non-hydrogen) atoms. The lowest BCUT2D eigenvalue weighted by molar-refractivity contribution is 0.502. The first-order valence-corrected chi connectivity index (χ1v) is 6.97. The van der Waals surface area contributed by atoms with Gasteiger partial charge in [0.25, 0.3) is 0 Å². The van der Waals surface area contributed by atoms with Gasteiger partial charge in [-0.2, -0.15) is 0 Å². The number of rotatable bonds is 9. The molecule has 0 radical (unpaired) electrons. The van der Waals surface area contributed by atoms with Crippen LogP contribution in [0.25, 0.3) is 0 Å². The molecule has 0 aromatic carbocycles. The number of hydrogen-bond acceptors (Lipinski definition) is 3. The predicted molar refractivity (Wildman–Crippen MR) is 71.8 cm³/mol. The van der Waals surface area contributed by atoms with Crippen molar-refractivity contribution >= 4 is 5.82 Å². The lowest BCUT2D eigenvalue weighted by Crippen LogP contribution is -2.05. The van der Waals surface area contributed by atoms with Crippen LogP contribution in [0.2, 0.25) is 0 Å². The highest BCUT2D eigenvalue weighted by atomic mass is 15.4. The second-order valence-corrected chi connectivity index (χ2v) is 4.62. The molecular formula is C13H26N4. The van der Waals surface area contributed by atoms with Gasteiger partial charge in [-0.25, -0.2) is 4.68 Å². The standard InChI is InChI=1S/C13H26N4/c1-3-5-6-7-8-9-10-11-17-12(4-2)13(14)15-16-17/h3-11,14H2,1-2H3. The smallest absolute Gasteiger partial charge is 0.169 e. The Bertz CT molecular complexity index is 306. The molecule has 0 aliphatic carbocycles. The quantitative estimate of drug-likeness (QED) is 0.672. The molecule has 0 atom stereocenters. The highest BCUT2D eigenvalue weighted by Crippen LogP contribution is 2.11. The molecule has 1 aromatic heterocycles. The van der Waals surface area contributed by atoms with Gasteiger partial charge in [0, 0.05) is 6.54 Å². The highest BCUT2D eigenvalue weighted by molar-refractivity contribution is 5.32. The number of anilines is 1. The van der Waals surface area contributed by atoms with Gasteiger partial charge in [0.05, 0.1) is 5.69 Å².